The molecule has 2 aromatic rings. The summed E-state index contributed by atoms with van der Waals surface area (Å²) in [6.07, 6.45) is 0. The molecule has 5 heteroatoms. The Hall–Kier alpha value is -1.91. The van der Waals surface area contributed by atoms with Crippen LogP contribution in [0.25, 0.3) is 11.1 Å². The molecular weight excluding hydrogens is 184 g/mol. The molecule has 0 bridgehead atoms. The van der Waals surface area contributed by atoms with Gasteiger partial charge < -0.3 is 4.42 Å². The number of fused-ring (bicyclic) bond motifs is 1. The zero-order chi connectivity index (χ0) is 10.3. The van der Waals surface area contributed by atoms with Gasteiger partial charge in [-0.15, -0.1) is 0 Å². The van der Waals surface area contributed by atoms with Crippen molar-refractivity contribution >= 4 is 16.8 Å². The molecule has 0 fully saturated rings. The van der Waals surface area contributed by atoms with Crippen LogP contribution in [0.3, 0.4) is 0 Å². The molecule has 0 unspecified atom stereocenters. The van der Waals surface area contributed by atoms with Crippen LogP contribution in [-0.4, -0.2) is 9.91 Å². The van der Waals surface area contributed by atoms with Gasteiger partial charge in [-0.25, -0.2) is 4.98 Å². The third kappa shape index (κ3) is 1.22. The van der Waals surface area contributed by atoms with E-state index in [2.05, 4.69) is 4.98 Å². The van der Waals surface area contributed by atoms with Gasteiger partial charge in [-0.1, -0.05) is 0 Å². The summed E-state index contributed by atoms with van der Waals surface area (Å²) in [7, 11) is 0. The molecule has 14 heavy (non-hydrogen) atoms. The first-order chi connectivity index (χ1) is 6.58. The van der Waals surface area contributed by atoms with Crippen LogP contribution in [0.2, 0.25) is 0 Å². The molecule has 72 valence electrons. The molecule has 0 spiro atoms. The Labute approximate surface area is 79.5 Å². The molecule has 0 aliphatic rings. The van der Waals surface area contributed by atoms with Crippen molar-refractivity contribution in [3.63, 3.8) is 0 Å². The minimum Gasteiger partial charge on any atom is -0.441 e. The maximum atomic E-state index is 10.6. The summed E-state index contributed by atoms with van der Waals surface area (Å²) in [6.45, 7) is 3.48. The zero-order valence-corrected chi connectivity index (χ0v) is 7.77. The van der Waals surface area contributed by atoms with Gasteiger partial charge in [-0.2, -0.15) is 0 Å². The van der Waals surface area contributed by atoms with Crippen LogP contribution < -0.4 is 0 Å². The van der Waals surface area contributed by atoms with Crippen LogP contribution in [0.1, 0.15) is 11.5 Å². The third-order valence-corrected chi connectivity index (χ3v) is 1.98. The average molecular weight is 192 g/mol. The molecule has 1 aromatic heterocycles. The first-order valence-corrected chi connectivity index (χ1v) is 4.10. The fourth-order valence-electron chi connectivity index (χ4n) is 1.40. The van der Waals surface area contributed by atoms with Crippen LogP contribution >= 0.6 is 0 Å². The number of oxazole rings is 1. The van der Waals surface area contributed by atoms with Crippen molar-refractivity contribution in [2.24, 2.45) is 0 Å². The number of aromatic nitrogens is 1. The molecule has 0 saturated heterocycles. The normalized spacial score (nSPS) is 10.7. The van der Waals surface area contributed by atoms with Crippen LogP contribution in [0.15, 0.2) is 16.5 Å². The lowest BCUT2D eigenvalue weighted by Gasteiger charge is -1.93. The SMILES string of the molecule is Cc1nc2cc([N+](=O)[O-])cc(C)c2o1. The number of benzene rings is 1. The molecule has 1 aromatic carbocycles. The van der Waals surface area contributed by atoms with E-state index >= 15 is 0 Å². The first kappa shape index (κ1) is 8.68. The van der Waals surface area contributed by atoms with Gasteiger partial charge in [0.05, 0.1) is 4.92 Å². The molecule has 0 atom stereocenters. The van der Waals surface area contributed by atoms with Crippen LogP contribution in [0, 0.1) is 24.0 Å². The molecular formula is C9H8N2O3. The molecule has 1 heterocycles. The number of rotatable bonds is 1. The fourth-order valence-corrected chi connectivity index (χ4v) is 1.40. The second-order valence-electron chi connectivity index (χ2n) is 3.10. The molecule has 2 rings (SSSR count). The summed E-state index contributed by atoms with van der Waals surface area (Å²) in [5.41, 5.74) is 1.93. The Balaban J connectivity index is 2.77. The Morgan fingerprint density at radius 1 is 1.43 bits per heavy atom. The van der Waals surface area contributed by atoms with Crippen molar-refractivity contribution in [2.75, 3.05) is 0 Å². The smallest absolute Gasteiger partial charge is 0.272 e. The quantitative estimate of drug-likeness (QED) is 0.513. The van der Waals surface area contributed by atoms with Crippen molar-refractivity contribution in [1.29, 1.82) is 0 Å². The second-order valence-corrected chi connectivity index (χ2v) is 3.10. The van der Waals surface area contributed by atoms with Crippen molar-refractivity contribution in [2.45, 2.75) is 13.8 Å². The van der Waals surface area contributed by atoms with Crippen molar-refractivity contribution in [1.82, 2.24) is 4.98 Å². The Bertz CT molecular complexity index is 516. The van der Waals surface area contributed by atoms with E-state index in [0.717, 1.165) is 5.56 Å². The highest BCUT2D eigenvalue weighted by molar-refractivity contribution is 5.79. The number of nitrogens with zero attached hydrogens (tertiary/aromatic N) is 2. The highest BCUT2D eigenvalue weighted by atomic mass is 16.6. The fraction of sp³-hybridized carbons (Fsp3) is 0.222. The molecule has 5 nitrogen and oxygen atoms in total. The van der Waals surface area contributed by atoms with Crippen LogP contribution in [-0.2, 0) is 0 Å². The highest BCUT2D eigenvalue weighted by Gasteiger charge is 2.13. The monoisotopic (exact) mass is 192 g/mol. The number of nitro benzene ring substituents is 1. The van der Waals surface area contributed by atoms with Gasteiger partial charge in [0.2, 0.25) is 0 Å². The zero-order valence-electron chi connectivity index (χ0n) is 7.77. The minimum absolute atomic E-state index is 0.0447. The summed E-state index contributed by atoms with van der Waals surface area (Å²) in [4.78, 5) is 14.2. The van der Waals surface area contributed by atoms with Gasteiger partial charge in [0, 0.05) is 24.6 Å². The van der Waals surface area contributed by atoms with Crippen LogP contribution in [0.5, 0.6) is 0 Å². The maximum absolute atomic E-state index is 10.6. The topological polar surface area (TPSA) is 69.2 Å². The largest absolute Gasteiger partial charge is 0.441 e. The van der Waals surface area contributed by atoms with E-state index in [0.29, 0.717) is 17.0 Å². The highest BCUT2D eigenvalue weighted by Crippen LogP contribution is 2.24. The van der Waals surface area contributed by atoms with Gasteiger partial charge in [0.25, 0.3) is 5.69 Å². The summed E-state index contributed by atoms with van der Waals surface area (Å²) in [5.74, 6) is 0.517. The standard InChI is InChI=1S/C9H8N2O3/c1-5-3-7(11(12)13)4-8-9(5)14-6(2)10-8/h3-4H,1-2H3. The number of aryl methyl sites for hydroxylation is 2. The number of non-ortho nitro benzene ring substituents is 1. The van der Waals surface area contributed by atoms with E-state index in [1.807, 2.05) is 0 Å². The first-order valence-electron chi connectivity index (χ1n) is 4.10. The predicted octanol–water partition coefficient (Wildman–Crippen LogP) is 2.35. The van der Waals surface area contributed by atoms with Gasteiger partial charge in [0.1, 0.15) is 5.52 Å². The third-order valence-electron chi connectivity index (χ3n) is 1.98. The number of hydrogen-bond donors (Lipinski definition) is 0. The summed E-state index contributed by atoms with van der Waals surface area (Å²) in [5, 5.41) is 10.6. The lowest BCUT2D eigenvalue weighted by atomic mass is 10.2. The Morgan fingerprint density at radius 3 is 2.79 bits per heavy atom. The maximum Gasteiger partial charge on any atom is 0.272 e. The lowest BCUT2D eigenvalue weighted by Crippen LogP contribution is -1.88. The molecule has 0 N–H and O–H groups in total. The van der Waals surface area contributed by atoms with E-state index in [1.54, 1.807) is 13.8 Å². The van der Waals surface area contributed by atoms with Gasteiger partial charge in [-0.3, -0.25) is 10.1 Å². The molecule has 0 saturated carbocycles. The average Bonchev–Trinajstić information content (AvgIpc) is 2.45. The van der Waals surface area contributed by atoms with E-state index in [1.165, 1.54) is 12.1 Å². The van der Waals surface area contributed by atoms with E-state index in [4.69, 9.17) is 4.42 Å². The van der Waals surface area contributed by atoms with E-state index in [9.17, 15) is 10.1 Å². The number of hydrogen-bond acceptors (Lipinski definition) is 4. The summed E-state index contributed by atoms with van der Waals surface area (Å²) in [6, 6.07) is 2.89. The van der Waals surface area contributed by atoms with Gasteiger partial charge >= 0.3 is 0 Å². The van der Waals surface area contributed by atoms with Crippen molar-refractivity contribution in [3.8, 4) is 0 Å². The van der Waals surface area contributed by atoms with Gasteiger partial charge in [-0.05, 0) is 6.92 Å². The summed E-state index contributed by atoms with van der Waals surface area (Å²) >= 11 is 0. The molecule has 0 aliphatic heterocycles. The minimum atomic E-state index is -0.434. The van der Waals surface area contributed by atoms with Crippen LogP contribution in [0.4, 0.5) is 5.69 Å². The molecule has 0 amide bonds. The predicted molar refractivity (Wildman–Crippen MR) is 50.1 cm³/mol. The second kappa shape index (κ2) is 2.80. The van der Waals surface area contributed by atoms with Gasteiger partial charge in [0.15, 0.2) is 11.5 Å². The van der Waals surface area contributed by atoms with Crippen molar-refractivity contribution in [3.05, 3.63) is 33.7 Å². The Morgan fingerprint density at radius 2 is 2.14 bits per heavy atom. The molecule has 0 radical (unpaired) electrons. The molecule has 0 aliphatic carbocycles. The van der Waals surface area contributed by atoms with Crippen molar-refractivity contribution < 1.29 is 9.34 Å². The van der Waals surface area contributed by atoms with E-state index < -0.39 is 4.92 Å². The lowest BCUT2D eigenvalue weighted by molar-refractivity contribution is -0.384. The van der Waals surface area contributed by atoms with E-state index in [-0.39, 0.29) is 5.69 Å². The Kier molecular flexibility index (Phi) is 1.73. The number of nitro groups is 1. The summed E-state index contributed by atoms with van der Waals surface area (Å²) < 4.78 is 5.30.